The highest BCUT2D eigenvalue weighted by Crippen LogP contribution is 2.25. The zero-order valence-electron chi connectivity index (χ0n) is 14.7. The number of ether oxygens (including phenoxy) is 1. The smallest absolute Gasteiger partial charge is 0.270 e. The monoisotopic (exact) mass is 358 g/mol. The van der Waals surface area contributed by atoms with Crippen molar-refractivity contribution in [1.82, 2.24) is 9.47 Å². The first-order chi connectivity index (χ1) is 12.0. The van der Waals surface area contributed by atoms with Crippen LogP contribution in [0.2, 0.25) is 0 Å². The number of hydrogen-bond acceptors (Lipinski definition) is 4. The van der Waals surface area contributed by atoms with E-state index in [-0.39, 0.29) is 12.5 Å². The minimum atomic E-state index is -0.0854. The van der Waals surface area contributed by atoms with E-state index in [1.165, 1.54) is 4.88 Å². The van der Waals surface area contributed by atoms with Crippen molar-refractivity contribution >= 4 is 28.1 Å². The molecule has 0 unspecified atom stereocenters. The summed E-state index contributed by atoms with van der Waals surface area (Å²) in [6.07, 6.45) is 0. The number of carbonyl (C=O) groups excluding carboxylic acids is 1. The van der Waals surface area contributed by atoms with E-state index in [1.807, 2.05) is 54.9 Å². The predicted molar refractivity (Wildman–Crippen MR) is 100 cm³/mol. The first kappa shape index (κ1) is 17.5. The maximum atomic E-state index is 13.1. The molecule has 1 N–H and O–H groups in total. The third kappa shape index (κ3) is 3.55. The highest BCUT2D eigenvalue weighted by atomic mass is 32.1. The van der Waals surface area contributed by atoms with Gasteiger partial charge in [0.05, 0.1) is 25.8 Å². The van der Waals surface area contributed by atoms with E-state index in [2.05, 4.69) is 0 Å². The van der Waals surface area contributed by atoms with Crippen LogP contribution in [0.25, 0.3) is 10.9 Å². The van der Waals surface area contributed by atoms with Gasteiger partial charge in [0.15, 0.2) is 0 Å². The molecule has 0 saturated carbocycles. The van der Waals surface area contributed by atoms with Gasteiger partial charge in [-0.2, -0.15) is 0 Å². The number of aryl methyl sites for hydroxylation is 2. The van der Waals surface area contributed by atoms with E-state index >= 15 is 0 Å². The molecule has 0 aliphatic rings. The molecule has 0 radical (unpaired) electrons. The molecule has 0 aliphatic heterocycles. The molecule has 2 aromatic heterocycles. The van der Waals surface area contributed by atoms with E-state index in [0.717, 1.165) is 21.5 Å². The third-order valence-corrected chi connectivity index (χ3v) is 5.26. The molecule has 0 bridgehead atoms. The molecule has 1 aromatic carbocycles. The Kier molecular flexibility index (Phi) is 5.11. The first-order valence-electron chi connectivity index (χ1n) is 8.12. The minimum absolute atomic E-state index is 0.0616. The Morgan fingerprint density at radius 3 is 2.72 bits per heavy atom. The molecule has 0 fully saturated rings. The summed E-state index contributed by atoms with van der Waals surface area (Å²) in [5.74, 6) is 0.673. The van der Waals surface area contributed by atoms with Crippen molar-refractivity contribution in [1.29, 1.82) is 0 Å². The number of aliphatic hydroxyl groups excluding tert-OH is 1. The standard InChI is InChI=1S/C19H22N2O3S/c1-13-4-7-16(25-13)12-21(8-9-22)19(23)18-10-14-5-6-15(24-3)11-17(14)20(18)2/h4-7,10-11,22H,8-9,12H2,1-3H3. The highest BCUT2D eigenvalue weighted by Gasteiger charge is 2.21. The van der Waals surface area contributed by atoms with Gasteiger partial charge < -0.3 is 19.3 Å². The van der Waals surface area contributed by atoms with Gasteiger partial charge >= 0.3 is 0 Å². The summed E-state index contributed by atoms with van der Waals surface area (Å²) in [6, 6.07) is 11.7. The topological polar surface area (TPSA) is 54.7 Å². The van der Waals surface area contributed by atoms with E-state index in [4.69, 9.17) is 4.74 Å². The lowest BCUT2D eigenvalue weighted by Gasteiger charge is -2.21. The molecule has 3 rings (SSSR count). The van der Waals surface area contributed by atoms with Crippen LogP contribution in [-0.4, -0.2) is 40.7 Å². The molecular weight excluding hydrogens is 336 g/mol. The number of aliphatic hydroxyl groups is 1. The Morgan fingerprint density at radius 2 is 2.08 bits per heavy atom. The van der Waals surface area contributed by atoms with Gasteiger partial charge in [-0.15, -0.1) is 11.3 Å². The van der Waals surface area contributed by atoms with E-state index < -0.39 is 0 Å². The van der Waals surface area contributed by atoms with Crippen LogP contribution in [0.5, 0.6) is 5.75 Å². The third-order valence-electron chi connectivity index (χ3n) is 4.27. The fraction of sp³-hybridized carbons (Fsp3) is 0.316. The second kappa shape index (κ2) is 7.29. The number of aromatic nitrogens is 1. The Labute approximate surface area is 151 Å². The predicted octanol–water partition coefficient (Wildman–Crippen LogP) is 3.19. The van der Waals surface area contributed by atoms with Crippen LogP contribution in [0.3, 0.4) is 0 Å². The Hall–Kier alpha value is -2.31. The Bertz CT molecular complexity index is 897. The zero-order chi connectivity index (χ0) is 18.0. The van der Waals surface area contributed by atoms with Crippen LogP contribution in [0, 0.1) is 6.92 Å². The van der Waals surface area contributed by atoms with Crippen molar-refractivity contribution in [3.63, 3.8) is 0 Å². The summed E-state index contributed by atoms with van der Waals surface area (Å²) in [7, 11) is 3.50. The molecule has 3 aromatic rings. The number of thiophene rings is 1. The summed E-state index contributed by atoms with van der Waals surface area (Å²) in [6.45, 7) is 2.79. The van der Waals surface area contributed by atoms with Gasteiger partial charge in [-0.3, -0.25) is 4.79 Å². The van der Waals surface area contributed by atoms with Crippen LogP contribution in [0.15, 0.2) is 36.4 Å². The summed E-state index contributed by atoms with van der Waals surface area (Å²) in [5.41, 5.74) is 1.54. The quantitative estimate of drug-likeness (QED) is 0.736. The number of nitrogens with zero attached hydrogens (tertiary/aromatic N) is 2. The molecule has 1 amide bonds. The normalized spacial score (nSPS) is 11.0. The number of carbonyl (C=O) groups is 1. The number of hydrogen-bond donors (Lipinski definition) is 1. The van der Waals surface area contributed by atoms with E-state index in [1.54, 1.807) is 23.3 Å². The maximum absolute atomic E-state index is 13.1. The average Bonchev–Trinajstić information content (AvgIpc) is 3.17. The fourth-order valence-electron chi connectivity index (χ4n) is 2.94. The van der Waals surface area contributed by atoms with Gasteiger partial charge in [0.25, 0.3) is 5.91 Å². The number of amides is 1. The highest BCUT2D eigenvalue weighted by molar-refractivity contribution is 7.11. The number of methoxy groups -OCH3 is 1. The Morgan fingerprint density at radius 1 is 1.28 bits per heavy atom. The van der Waals surface area contributed by atoms with Crippen molar-refractivity contribution in [3.8, 4) is 5.75 Å². The van der Waals surface area contributed by atoms with Crippen LogP contribution < -0.4 is 4.74 Å². The summed E-state index contributed by atoms with van der Waals surface area (Å²) >= 11 is 1.67. The van der Waals surface area contributed by atoms with Gasteiger partial charge in [-0.05, 0) is 37.3 Å². The molecule has 2 heterocycles. The molecule has 5 nitrogen and oxygen atoms in total. The molecule has 0 atom stereocenters. The molecule has 132 valence electrons. The molecular formula is C19H22N2O3S. The van der Waals surface area contributed by atoms with Crippen molar-refractivity contribution in [3.05, 3.63) is 51.8 Å². The summed E-state index contributed by atoms with van der Waals surface area (Å²) in [4.78, 5) is 17.1. The van der Waals surface area contributed by atoms with E-state index in [0.29, 0.717) is 18.8 Å². The lowest BCUT2D eigenvalue weighted by Crippen LogP contribution is -2.33. The number of fused-ring (bicyclic) bond motifs is 1. The molecule has 0 spiro atoms. The largest absolute Gasteiger partial charge is 0.497 e. The Balaban J connectivity index is 1.93. The lowest BCUT2D eigenvalue weighted by molar-refractivity contribution is 0.0700. The summed E-state index contributed by atoms with van der Waals surface area (Å²) < 4.78 is 7.15. The van der Waals surface area contributed by atoms with Crippen molar-refractivity contribution in [2.75, 3.05) is 20.3 Å². The average molecular weight is 358 g/mol. The van der Waals surface area contributed by atoms with Crippen molar-refractivity contribution < 1.29 is 14.6 Å². The SMILES string of the molecule is COc1ccc2cc(C(=O)N(CCO)Cc3ccc(C)s3)n(C)c2c1. The fourth-order valence-corrected chi connectivity index (χ4v) is 3.84. The molecule has 6 heteroatoms. The maximum Gasteiger partial charge on any atom is 0.270 e. The lowest BCUT2D eigenvalue weighted by atomic mass is 10.2. The van der Waals surface area contributed by atoms with Crippen LogP contribution in [0.4, 0.5) is 0 Å². The van der Waals surface area contributed by atoms with Crippen LogP contribution >= 0.6 is 11.3 Å². The molecule has 0 aliphatic carbocycles. The number of benzene rings is 1. The molecule has 0 saturated heterocycles. The summed E-state index contributed by atoms with van der Waals surface area (Å²) in [5, 5.41) is 10.4. The van der Waals surface area contributed by atoms with Crippen molar-refractivity contribution in [2.24, 2.45) is 7.05 Å². The van der Waals surface area contributed by atoms with Gasteiger partial charge in [0, 0.05) is 34.8 Å². The second-order valence-corrected chi connectivity index (χ2v) is 7.35. The molecule has 25 heavy (non-hydrogen) atoms. The van der Waals surface area contributed by atoms with E-state index in [9.17, 15) is 9.90 Å². The zero-order valence-corrected chi connectivity index (χ0v) is 15.5. The van der Waals surface area contributed by atoms with Crippen LogP contribution in [-0.2, 0) is 13.6 Å². The van der Waals surface area contributed by atoms with Crippen LogP contribution in [0.1, 0.15) is 20.2 Å². The number of rotatable bonds is 6. The van der Waals surface area contributed by atoms with Gasteiger partial charge in [-0.1, -0.05) is 0 Å². The van der Waals surface area contributed by atoms with Gasteiger partial charge in [0.2, 0.25) is 0 Å². The first-order valence-corrected chi connectivity index (χ1v) is 8.94. The minimum Gasteiger partial charge on any atom is -0.497 e. The van der Waals surface area contributed by atoms with Gasteiger partial charge in [0.1, 0.15) is 11.4 Å². The second-order valence-electron chi connectivity index (χ2n) is 5.98. The van der Waals surface area contributed by atoms with Gasteiger partial charge in [-0.25, -0.2) is 0 Å². The van der Waals surface area contributed by atoms with Crippen molar-refractivity contribution in [2.45, 2.75) is 13.5 Å².